The zero-order valence-corrected chi connectivity index (χ0v) is 21.8. The van der Waals surface area contributed by atoms with Gasteiger partial charge in [-0.25, -0.2) is 0 Å². The van der Waals surface area contributed by atoms with Crippen LogP contribution in [0, 0.1) is 0 Å². The lowest BCUT2D eigenvalue weighted by Gasteiger charge is -2.16. The Hall–Kier alpha value is -3.02. The topological polar surface area (TPSA) is 48.3 Å². The molecule has 0 saturated carbocycles. The molecule has 0 amide bonds. The average Bonchev–Trinajstić information content (AvgIpc) is 3.36. The molecule has 8 heteroatoms. The van der Waals surface area contributed by atoms with Crippen molar-refractivity contribution in [3.05, 3.63) is 115 Å². The molecule has 0 fully saturated rings. The number of methoxy groups -OCH3 is 1. The lowest BCUT2D eigenvalue weighted by atomic mass is 9.99. The van der Waals surface area contributed by atoms with E-state index < -0.39 is 0 Å². The number of benzene rings is 3. The molecule has 1 aliphatic carbocycles. The number of ketones is 2. The van der Waals surface area contributed by atoms with E-state index in [9.17, 15) is 9.59 Å². The summed E-state index contributed by atoms with van der Waals surface area (Å²) >= 11 is 26.1. The van der Waals surface area contributed by atoms with E-state index in [2.05, 4.69) is 0 Å². The van der Waals surface area contributed by atoms with Gasteiger partial charge >= 0.3 is 0 Å². The monoisotopic (exact) mass is 555 g/mol. The molecule has 180 valence electrons. The predicted octanol–water partition coefficient (Wildman–Crippen LogP) is 8.37. The molecule has 5 rings (SSSR count). The lowest BCUT2D eigenvalue weighted by molar-refractivity contribution is 0.102. The van der Waals surface area contributed by atoms with Crippen molar-refractivity contribution in [2.45, 2.75) is 6.42 Å². The number of ether oxygens (including phenoxy) is 1. The highest BCUT2D eigenvalue weighted by Gasteiger charge is 2.34. The van der Waals surface area contributed by atoms with Gasteiger partial charge in [0.25, 0.3) is 0 Å². The van der Waals surface area contributed by atoms with Crippen LogP contribution >= 0.6 is 46.4 Å². The fourth-order valence-corrected chi connectivity index (χ4v) is 5.30. The van der Waals surface area contributed by atoms with Crippen LogP contribution in [0.25, 0.3) is 16.5 Å². The van der Waals surface area contributed by atoms with Gasteiger partial charge in [0.15, 0.2) is 5.78 Å². The van der Waals surface area contributed by atoms with E-state index in [0.29, 0.717) is 16.9 Å². The standard InChI is InChI=1S/C28H17Cl4NO3/c1-36-23-12-5-4-10-18(23)26(34)19-13-20(29)24(31)25(19)33-22(14-21(30)28(33)32)27(35)17-11-6-8-15-7-2-3-9-16(15)17/h2-12,14H,13H2,1H3. The van der Waals surface area contributed by atoms with Crippen LogP contribution in [0.2, 0.25) is 10.2 Å². The van der Waals surface area contributed by atoms with Crippen molar-refractivity contribution in [1.82, 2.24) is 4.57 Å². The number of halogens is 4. The molecule has 0 spiro atoms. The quantitative estimate of drug-likeness (QED) is 0.224. The molecule has 1 aromatic heterocycles. The summed E-state index contributed by atoms with van der Waals surface area (Å²) in [6.45, 7) is 0. The van der Waals surface area contributed by atoms with E-state index in [4.69, 9.17) is 51.1 Å². The average molecular weight is 557 g/mol. The van der Waals surface area contributed by atoms with Gasteiger partial charge in [-0.05, 0) is 29.0 Å². The fraction of sp³-hybridized carbons (Fsp3) is 0.0714. The van der Waals surface area contributed by atoms with Gasteiger partial charge in [0.2, 0.25) is 5.78 Å². The van der Waals surface area contributed by atoms with Crippen LogP contribution in [-0.4, -0.2) is 23.2 Å². The Balaban J connectivity index is 1.73. The van der Waals surface area contributed by atoms with Crippen molar-refractivity contribution >= 4 is 74.4 Å². The van der Waals surface area contributed by atoms with E-state index in [0.717, 1.165) is 10.8 Å². The number of para-hydroxylation sites is 1. The molecule has 0 radical (unpaired) electrons. The van der Waals surface area contributed by atoms with Gasteiger partial charge in [-0.15, -0.1) is 0 Å². The second-order valence-corrected chi connectivity index (χ2v) is 9.71. The van der Waals surface area contributed by atoms with Gasteiger partial charge in [0.05, 0.1) is 34.1 Å². The molecule has 3 aromatic carbocycles. The third-order valence-corrected chi connectivity index (χ3v) is 7.66. The fourth-order valence-electron chi connectivity index (χ4n) is 4.40. The number of carbonyl (C=O) groups excluding carboxylic acids is 2. The molecule has 36 heavy (non-hydrogen) atoms. The molecule has 4 nitrogen and oxygen atoms in total. The molecule has 0 atom stereocenters. The van der Waals surface area contributed by atoms with Gasteiger partial charge in [0, 0.05) is 22.6 Å². The number of Topliss-reactive ketones (excluding diaryl/α,β-unsaturated/α-hetero) is 1. The highest BCUT2D eigenvalue weighted by atomic mass is 35.5. The Labute approximate surface area is 227 Å². The maximum atomic E-state index is 13.9. The van der Waals surface area contributed by atoms with Crippen LogP contribution in [0.1, 0.15) is 32.8 Å². The number of hydrogen-bond acceptors (Lipinski definition) is 3. The minimum Gasteiger partial charge on any atom is -0.496 e. The maximum absolute atomic E-state index is 13.9. The Kier molecular flexibility index (Phi) is 6.71. The van der Waals surface area contributed by atoms with Gasteiger partial charge in [-0.2, -0.15) is 0 Å². The second-order valence-electron chi connectivity index (χ2n) is 8.11. The van der Waals surface area contributed by atoms with Crippen molar-refractivity contribution in [2.24, 2.45) is 0 Å². The minimum absolute atomic E-state index is 0.0464. The summed E-state index contributed by atoms with van der Waals surface area (Å²) in [6, 6.07) is 21.3. The van der Waals surface area contributed by atoms with Crippen molar-refractivity contribution in [2.75, 3.05) is 7.11 Å². The zero-order chi connectivity index (χ0) is 25.6. The molecular weight excluding hydrogens is 540 g/mol. The lowest BCUT2D eigenvalue weighted by Crippen LogP contribution is -2.14. The summed E-state index contributed by atoms with van der Waals surface area (Å²) in [5.41, 5.74) is 1.45. The van der Waals surface area contributed by atoms with Crippen molar-refractivity contribution in [1.29, 1.82) is 0 Å². The van der Waals surface area contributed by atoms with Crippen LogP contribution in [0.3, 0.4) is 0 Å². The normalized spacial score (nSPS) is 13.6. The van der Waals surface area contributed by atoms with E-state index in [1.807, 2.05) is 30.3 Å². The SMILES string of the molecule is COc1ccccc1C(=O)C1=C(n2c(C(=O)c3cccc4ccccc34)cc(Cl)c2Cl)C(Cl)=C(Cl)C1. The summed E-state index contributed by atoms with van der Waals surface area (Å²) in [7, 11) is 1.48. The number of fused-ring (bicyclic) bond motifs is 1. The number of allylic oxidation sites excluding steroid dienone is 4. The first kappa shape index (κ1) is 24.7. The Bertz CT molecular complexity index is 1630. The molecule has 0 aliphatic heterocycles. The Morgan fingerprint density at radius 3 is 2.28 bits per heavy atom. The molecule has 4 aromatic rings. The summed E-state index contributed by atoms with van der Waals surface area (Å²) in [5, 5.41) is 2.25. The second kappa shape index (κ2) is 9.79. The Morgan fingerprint density at radius 1 is 0.833 bits per heavy atom. The van der Waals surface area contributed by atoms with Crippen LogP contribution < -0.4 is 4.74 Å². The van der Waals surface area contributed by atoms with Gasteiger partial charge < -0.3 is 4.74 Å². The molecule has 0 unspecified atom stereocenters. The molecule has 1 heterocycles. The molecule has 0 saturated heterocycles. The van der Waals surface area contributed by atoms with Crippen LogP contribution in [-0.2, 0) is 0 Å². The van der Waals surface area contributed by atoms with Gasteiger partial charge in [-0.1, -0.05) is 101 Å². The highest BCUT2D eigenvalue weighted by Crippen LogP contribution is 2.45. The van der Waals surface area contributed by atoms with Crippen molar-refractivity contribution in [3.8, 4) is 5.75 Å². The van der Waals surface area contributed by atoms with Gasteiger partial charge in [-0.3, -0.25) is 14.2 Å². The first-order valence-corrected chi connectivity index (χ1v) is 12.4. The van der Waals surface area contributed by atoms with E-state index in [-0.39, 0.29) is 55.2 Å². The first-order chi connectivity index (χ1) is 17.3. The number of nitrogens with zero attached hydrogens (tertiary/aromatic N) is 1. The summed E-state index contributed by atoms with van der Waals surface area (Å²) in [4.78, 5) is 27.6. The van der Waals surface area contributed by atoms with Crippen LogP contribution in [0.5, 0.6) is 5.75 Å². The number of aromatic nitrogens is 1. The highest BCUT2D eigenvalue weighted by molar-refractivity contribution is 6.47. The first-order valence-electron chi connectivity index (χ1n) is 10.9. The van der Waals surface area contributed by atoms with Crippen LogP contribution in [0.4, 0.5) is 0 Å². The zero-order valence-electron chi connectivity index (χ0n) is 18.8. The van der Waals surface area contributed by atoms with E-state index in [1.165, 1.54) is 17.7 Å². The van der Waals surface area contributed by atoms with Gasteiger partial charge in [0.1, 0.15) is 10.9 Å². The van der Waals surface area contributed by atoms with E-state index in [1.54, 1.807) is 36.4 Å². The maximum Gasteiger partial charge on any atom is 0.210 e. The van der Waals surface area contributed by atoms with Crippen LogP contribution in [0.15, 0.2) is 88.4 Å². The molecule has 1 aliphatic rings. The third-order valence-electron chi connectivity index (χ3n) is 6.08. The third kappa shape index (κ3) is 4.04. The largest absolute Gasteiger partial charge is 0.496 e. The van der Waals surface area contributed by atoms with Crippen molar-refractivity contribution in [3.63, 3.8) is 0 Å². The molecule has 0 N–H and O–H groups in total. The Morgan fingerprint density at radius 2 is 1.50 bits per heavy atom. The number of carbonyl (C=O) groups is 2. The summed E-state index contributed by atoms with van der Waals surface area (Å²) in [6.07, 6.45) is 0.0701. The summed E-state index contributed by atoms with van der Waals surface area (Å²) in [5.74, 6) is -0.275. The number of rotatable bonds is 6. The molecular formula is C28H17Cl4NO3. The predicted molar refractivity (Wildman–Crippen MR) is 146 cm³/mol. The summed E-state index contributed by atoms with van der Waals surface area (Å²) < 4.78 is 6.79. The smallest absolute Gasteiger partial charge is 0.210 e. The van der Waals surface area contributed by atoms with E-state index >= 15 is 0 Å². The van der Waals surface area contributed by atoms with Crippen molar-refractivity contribution < 1.29 is 14.3 Å². The molecule has 0 bridgehead atoms. The minimum atomic E-state index is -0.347. The number of hydrogen-bond donors (Lipinski definition) is 0.